The summed E-state index contributed by atoms with van der Waals surface area (Å²) in [6.45, 7) is 2.76. The normalized spacial score (nSPS) is 13.3. The van der Waals surface area contributed by atoms with Gasteiger partial charge in [0.15, 0.2) is 0 Å². The number of para-hydroxylation sites is 1. The second-order valence-electron chi connectivity index (χ2n) is 4.20. The Bertz CT molecular complexity index is 474. The molecule has 0 aliphatic heterocycles. The second-order valence-corrected chi connectivity index (χ2v) is 6.06. The first kappa shape index (κ1) is 14.9. The van der Waals surface area contributed by atoms with Crippen LogP contribution in [-0.4, -0.2) is 33.7 Å². The summed E-state index contributed by atoms with van der Waals surface area (Å²) in [5.74, 6) is 0.278. The van der Waals surface area contributed by atoms with E-state index in [2.05, 4.69) is 10.0 Å². The third kappa shape index (κ3) is 3.97. The van der Waals surface area contributed by atoms with E-state index in [-0.39, 0.29) is 17.4 Å². The zero-order valence-electron chi connectivity index (χ0n) is 10.7. The Kier molecular flexibility index (Phi) is 5.58. The molecule has 6 heteroatoms. The summed E-state index contributed by atoms with van der Waals surface area (Å²) in [6.07, 6.45) is 0.688. The van der Waals surface area contributed by atoms with E-state index in [1.54, 1.807) is 24.3 Å². The van der Waals surface area contributed by atoms with E-state index >= 15 is 0 Å². The van der Waals surface area contributed by atoms with Crippen LogP contribution in [0.4, 0.5) is 5.69 Å². The van der Waals surface area contributed by atoms with Crippen LogP contribution < -0.4 is 10.0 Å². The number of sulfonamides is 1. The van der Waals surface area contributed by atoms with Crippen molar-refractivity contribution in [2.45, 2.75) is 18.2 Å². The maximum atomic E-state index is 11.8. The number of hydrogen-bond donors (Lipinski definition) is 3. The summed E-state index contributed by atoms with van der Waals surface area (Å²) < 4.78 is 25.9. The molecule has 0 aliphatic rings. The van der Waals surface area contributed by atoms with Gasteiger partial charge in [-0.1, -0.05) is 19.1 Å². The summed E-state index contributed by atoms with van der Waals surface area (Å²) >= 11 is 0. The quantitative estimate of drug-likeness (QED) is 0.692. The topological polar surface area (TPSA) is 78.4 Å². The summed E-state index contributed by atoms with van der Waals surface area (Å²) in [5.41, 5.74) is 0.580. The minimum absolute atomic E-state index is 0.138. The number of anilines is 1. The van der Waals surface area contributed by atoms with E-state index in [1.165, 1.54) is 7.05 Å². The molecule has 1 atom stereocenters. The van der Waals surface area contributed by atoms with Crippen molar-refractivity contribution < 1.29 is 13.5 Å². The Balaban J connectivity index is 2.84. The minimum Gasteiger partial charge on any atom is -0.396 e. The van der Waals surface area contributed by atoms with Gasteiger partial charge in [-0.05, 0) is 31.5 Å². The molecular formula is C12H20N2O3S. The van der Waals surface area contributed by atoms with Gasteiger partial charge in [-0.25, -0.2) is 13.1 Å². The van der Waals surface area contributed by atoms with Crippen molar-refractivity contribution >= 4 is 15.7 Å². The molecule has 0 heterocycles. The van der Waals surface area contributed by atoms with E-state index in [1.807, 2.05) is 6.92 Å². The van der Waals surface area contributed by atoms with Crippen LogP contribution >= 0.6 is 0 Å². The van der Waals surface area contributed by atoms with Gasteiger partial charge in [-0.15, -0.1) is 0 Å². The molecule has 18 heavy (non-hydrogen) atoms. The lowest BCUT2D eigenvalue weighted by atomic mass is 10.1. The van der Waals surface area contributed by atoms with Gasteiger partial charge in [0.2, 0.25) is 10.0 Å². The van der Waals surface area contributed by atoms with Crippen LogP contribution in [0.5, 0.6) is 0 Å². The summed E-state index contributed by atoms with van der Waals surface area (Å²) in [7, 11) is -2.06. The monoisotopic (exact) mass is 272 g/mol. The predicted molar refractivity (Wildman–Crippen MR) is 72.0 cm³/mol. The highest BCUT2D eigenvalue weighted by Gasteiger charge is 2.15. The van der Waals surface area contributed by atoms with Crippen LogP contribution in [0.2, 0.25) is 0 Å². The highest BCUT2D eigenvalue weighted by atomic mass is 32.2. The molecule has 0 radical (unpaired) electrons. The molecule has 0 aromatic heterocycles. The number of aliphatic hydroxyl groups excluding tert-OH is 1. The fourth-order valence-electron chi connectivity index (χ4n) is 1.56. The standard InChI is InChI=1S/C12H20N2O3S/c1-10(7-8-15)9-14-11-5-3-4-6-12(11)18(16,17)13-2/h3-6,10,13-15H,7-9H2,1-2H3. The van der Waals surface area contributed by atoms with Gasteiger partial charge in [-0.3, -0.25) is 0 Å². The first-order chi connectivity index (χ1) is 8.51. The average Bonchev–Trinajstić information content (AvgIpc) is 2.37. The number of aliphatic hydroxyl groups is 1. The fraction of sp³-hybridized carbons (Fsp3) is 0.500. The van der Waals surface area contributed by atoms with Crippen LogP contribution in [-0.2, 0) is 10.0 Å². The highest BCUT2D eigenvalue weighted by molar-refractivity contribution is 7.89. The van der Waals surface area contributed by atoms with Crippen molar-refractivity contribution in [3.05, 3.63) is 24.3 Å². The predicted octanol–water partition coefficient (Wildman–Crippen LogP) is 1.03. The molecule has 1 unspecified atom stereocenters. The zero-order valence-corrected chi connectivity index (χ0v) is 11.5. The van der Waals surface area contributed by atoms with Gasteiger partial charge in [0.1, 0.15) is 4.90 Å². The fourth-order valence-corrected chi connectivity index (χ4v) is 2.47. The highest BCUT2D eigenvalue weighted by Crippen LogP contribution is 2.20. The van der Waals surface area contributed by atoms with Gasteiger partial charge >= 0.3 is 0 Å². The van der Waals surface area contributed by atoms with E-state index < -0.39 is 10.0 Å². The van der Waals surface area contributed by atoms with Crippen LogP contribution in [0.15, 0.2) is 29.2 Å². The minimum atomic E-state index is -3.45. The summed E-state index contributed by atoms with van der Waals surface area (Å²) in [4.78, 5) is 0.240. The first-order valence-corrected chi connectivity index (χ1v) is 7.37. The van der Waals surface area contributed by atoms with E-state index in [0.29, 0.717) is 18.7 Å². The van der Waals surface area contributed by atoms with Crippen molar-refractivity contribution in [3.8, 4) is 0 Å². The summed E-state index contributed by atoms with van der Waals surface area (Å²) in [6, 6.07) is 6.76. The van der Waals surface area contributed by atoms with E-state index in [9.17, 15) is 8.42 Å². The molecule has 0 amide bonds. The molecule has 1 aromatic carbocycles. The van der Waals surface area contributed by atoms with Gasteiger partial charge in [0.05, 0.1) is 5.69 Å². The number of rotatable bonds is 7. The Morgan fingerprint density at radius 2 is 2.00 bits per heavy atom. The third-order valence-electron chi connectivity index (χ3n) is 2.71. The van der Waals surface area contributed by atoms with E-state index in [0.717, 1.165) is 0 Å². The Labute approximate surface area is 108 Å². The van der Waals surface area contributed by atoms with Gasteiger partial charge in [-0.2, -0.15) is 0 Å². The Morgan fingerprint density at radius 3 is 2.61 bits per heavy atom. The lowest BCUT2D eigenvalue weighted by molar-refractivity contribution is 0.266. The molecule has 0 aliphatic carbocycles. The molecule has 1 rings (SSSR count). The molecule has 0 saturated carbocycles. The Morgan fingerprint density at radius 1 is 1.33 bits per heavy atom. The molecule has 0 fully saturated rings. The SMILES string of the molecule is CNS(=O)(=O)c1ccccc1NCC(C)CCO. The summed E-state index contributed by atoms with van der Waals surface area (Å²) in [5, 5.41) is 11.9. The molecule has 1 aromatic rings. The zero-order chi connectivity index (χ0) is 13.6. The van der Waals surface area contributed by atoms with Crippen LogP contribution in [0.25, 0.3) is 0 Å². The van der Waals surface area contributed by atoms with Crippen molar-refractivity contribution in [2.24, 2.45) is 5.92 Å². The van der Waals surface area contributed by atoms with Gasteiger partial charge in [0, 0.05) is 13.2 Å². The first-order valence-electron chi connectivity index (χ1n) is 5.88. The second kappa shape index (κ2) is 6.72. The molecule has 102 valence electrons. The van der Waals surface area contributed by atoms with Crippen LogP contribution in [0.3, 0.4) is 0 Å². The number of benzene rings is 1. The molecule has 3 N–H and O–H groups in total. The van der Waals surface area contributed by atoms with E-state index in [4.69, 9.17) is 5.11 Å². The number of hydrogen-bond acceptors (Lipinski definition) is 4. The maximum absolute atomic E-state index is 11.8. The maximum Gasteiger partial charge on any atom is 0.242 e. The van der Waals surface area contributed by atoms with Crippen molar-refractivity contribution in [2.75, 3.05) is 25.5 Å². The largest absolute Gasteiger partial charge is 0.396 e. The van der Waals surface area contributed by atoms with Crippen LogP contribution in [0.1, 0.15) is 13.3 Å². The number of nitrogens with one attached hydrogen (secondary N) is 2. The molecule has 5 nitrogen and oxygen atoms in total. The lowest BCUT2D eigenvalue weighted by Gasteiger charge is -2.15. The average molecular weight is 272 g/mol. The molecule has 0 saturated heterocycles. The van der Waals surface area contributed by atoms with Crippen molar-refractivity contribution in [3.63, 3.8) is 0 Å². The van der Waals surface area contributed by atoms with Crippen LogP contribution in [0, 0.1) is 5.92 Å². The smallest absolute Gasteiger partial charge is 0.242 e. The molecule has 0 bridgehead atoms. The lowest BCUT2D eigenvalue weighted by Crippen LogP contribution is -2.21. The van der Waals surface area contributed by atoms with Gasteiger partial charge in [0.25, 0.3) is 0 Å². The van der Waals surface area contributed by atoms with Gasteiger partial charge < -0.3 is 10.4 Å². The van der Waals surface area contributed by atoms with Crippen molar-refractivity contribution in [1.29, 1.82) is 0 Å². The molecular weight excluding hydrogens is 252 g/mol. The molecule has 0 spiro atoms. The third-order valence-corrected chi connectivity index (χ3v) is 4.18. The Hall–Kier alpha value is -1.11. The van der Waals surface area contributed by atoms with Crippen molar-refractivity contribution in [1.82, 2.24) is 4.72 Å².